The van der Waals surface area contributed by atoms with Crippen molar-refractivity contribution in [2.24, 2.45) is 22.7 Å². The van der Waals surface area contributed by atoms with Gasteiger partial charge in [-0.05, 0) is 76.0 Å². The van der Waals surface area contributed by atoms with Gasteiger partial charge < -0.3 is 18.4 Å². The van der Waals surface area contributed by atoms with E-state index < -0.39 is 10.8 Å². The van der Waals surface area contributed by atoms with Gasteiger partial charge in [0, 0.05) is 0 Å². The second-order valence-electron chi connectivity index (χ2n) is 21.8. The second kappa shape index (κ2) is 28.5. The number of carbonyl (C=O) groups excluding carboxylic acids is 2. The number of rotatable bonds is 38. The minimum atomic E-state index is -0.488. The predicted molar refractivity (Wildman–Crippen MR) is 246 cm³/mol. The quantitative estimate of drug-likeness (QED) is 0.0354. The normalized spacial score (nSPS) is 22.8. The highest BCUT2D eigenvalue weighted by molar-refractivity contribution is 5.83. The Morgan fingerprint density at radius 2 is 0.672 bits per heavy atom. The summed E-state index contributed by atoms with van der Waals surface area (Å²) >= 11 is 0. The van der Waals surface area contributed by atoms with Crippen molar-refractivity contribution < 1.29 is 28.0 Å². The highest BCUT2D eigenvalue weighted by atomic mass is 16.5. The van der Waals surface area contributed by atoms with E-state index in [0.29, 0.717) is 31.5 Å². The first-order valence-corrected chi connectivity index (χ1v) is 25.9. The smallest absolute Gasteiger partial charge is 0.312 e. The van der Waals surface area contributed by atoms with E-state index in [2.05, 4.69) is 42.0 Å². The van der Waals surface area contributed by atoms with Crippen molar-refractivity contribution in [2.45, 2.75) is 232 Å². The van der Waals surface area contributed by atoms with Gasteiger partial charge in [-0.15, -0.1) is 0 Å². The Bertz CT molecular complexity index is 993. The Morgan fingerprint density at radius 1 is 0.414 bits per heavy atom. The topological polar surface area (TPSA) is 52.6 Å². The molecule has 0 atom stereocenters. The molecule has 340 valence electrons. The zero-order valence-corrected chi connectivity index (χ0v) is 40.0. The fourth-order valence-electron chi connectivity index (χ4n) is 11.5. The van der Waals surface area contributed by atoms with E-state index in [1.54, 1.807) is 0 Å². The van der Waals surface area contributed by atoms with E-state index in [1.807, 2.05) is 0 Å². The average molecular weight is 817 g/mol. The van der Waals surface area contributed by atoms with Gasteiger partial charge in [-0.3, -0.25) is 9.59 Å². The SMILES string of the molecule is CCCCCCCCCCCCCCCC[N+](C)(C)CCOC(=O)C12CC3CC(C1)CC(C(=O)OCC[N+](C)(C)CCCCCCCCCCCCCCCC)(C3)C2. The van der Waals surface area contributed by atoms with Gasteiger partial charge in [-0.1, -0.05) is 168 Å². The molecule has 4 rings (SSSR count). The number of nitrogens with zero attached hydrogens (tertiary/aromatic N) is 2. The van der Waals surface area contributed by atoms with Crippen molar-refractivity contribution in [3.05, 3.63) is 0 Å². The molecular formula is C52H100N2O4+2. The molecule has 0 aromatic rings. The summed E-state index contributed by atoms with van der Waals surface area (Å²) < 4.78 is 14.1. The first-order valence-electron chi connectivity index (χ1n) is 25.9. The van der Waals surface area contributed by atoms with Gasteiger partial charge in [0.15, 0.2) is 0 Å². The molecule has 0 aromatic heterocycles. The first-order chi connectivity index (χ1) is 27.9. The summed E-state index contributed by atoms with van der Waals surface area (Å²) in [5, 5.41) is 0. The van der Waals surface area contributed by atoms with Crippen molar-refractivity contribution in [3.8, 4) is 0 Å². The molecule has 0 aliphatic heterocycles. The standard InChI is InChI=1S/C52H100N2O4/c1-7-9-11-13-15-17-19-21-23-25-27-29-31-33-35-53(3,4)37-39-57-49(55)51-42-47-41-48(43-51)45-52(44-47,46-51)50(56)58-40-38-54(5,6)36-34-32-30-28-26-24-22-20-18-16-14-12-10-8-2/h47-48H,7-46H2,1-6H3/q+2. The minimum Gasteiger partial charge on any atom is -0.459 e. The maximum atomic E-state index is 13.9. The largest absolute Gasteiger partial charge is 0.459 e. The third kappa shape index (κ3) is 20.2. The van der Waals surface area contributed by atoms with E-state index in [1.165, 1.54) is 180 Å². The molecule has 4 bridgehead atoms. The van der Waals surface area contributed by atoms with Crippen LogP contribution in [0.5, 0.6) is 0 Å². The van der Waals surface area contributed by atoms with Gasteiger partial charge in [0.2, 0.25) is 0 Å². The molecule has 0 saturated heterocycles. The molecule has 0 aromatic carbocycles. The number of quaternary nitrogens is 2. The Morgan fingerprint density at radius 3 is 0.948 bits per heavy atom. The summed E-state index contributed by atoms with van der Waals surface area (Å²) in [6, 6.07) is 0. The number of hydrogen-bond acceptors (Lipinski definition) is 4. The molecule has 58 heavy (non-hydrogen) atoms. The zero-order valence-electron chi connectivity index (χ0n) is 40.0. The van der Waals surface area contributed by atoms with Crippen LogP contribution < -0.4 is 0 Å². The fourth-order valence-corrected chi connectivity index (χ4v) is 11.5. The van der Waals surface area contributed by atoms with Crippen molar-refractivity contribution in [1.82, 2.24) is 0 Å². The predicted octanol–water partition coefficient (Wildman–Crippen LogP) is 13.8. The molecule has 4 fully saturated rings. The Kier molecular flexibility index (Phi) is 25.1. The van der Waals surface area contributed by atoms with Crippen LogP contribution in [0.1, 0.15) is 232 Å². The number of esters is 2. The van der Waals surface area contributed by atoms with Gasteiger partial charge >= 0.3 is 11.9 Å². The number of unbranched alkanes of at least 4 members (excludes halogenated alkanes) is 26. The van der Waals surface area contributed by atoms with Crippen LogP contribution in [0.15, 0.2) is 0 Å². The van der Waals surface area contributed by atoms with Crippen LogP contribution in [-0.4, -0.2) is 88.5 Å². The van der Waals surface area contributed by atoms with Crippen LogP contribution in [0.3, 0.4) is 0 Å². The molecule has 4 saturated carbocycles. The van der Waals surface area contributed by atoms with Gasteiger partial charge in [-0.25, -0.2) is 0 Å². The van der Waals surface area contributed by atoms with Crippen molar-refractivity contribution in [1.29, 1.82) is 0 Å². The summed E-state index contributed by atoms with van der Waals surface area (Å²) in [7, 11) is 9.13. The molecule has 0 heterocycles. The third-order valence-corrected chi connectivity index (χ3v) is 15.0. The van der Waals surface area contributed by atoms with Crippen molar-refractivity contribution in [3.63, 3.8) is 0 Å². The van der Waals surface area contributed by atoms with Gasteiger partial charge in [0.05, 0.1) is 52.1 Å². The summed E-state index contributed by atoms with van der Waals surface area (Å²) in [5.41, 5.74) is -0.976. The van der Waals surface area contributed by atoms with Crippen LogP contribution in [0.2, 0.25) is 0 Å². The molecule has 6 heteroatoms. The minimum absolute atomic E-state index is 0.0266. The van der Waals surface area contributed by atoms with E-state index in [4.69, 9.17) is 9.47 Å². The molecule has 0 unspecified atom stereocenters. The maximum Gasteiger partial charge on any atom is 0.312 e. The monoisotopic (exact) mass is 817 g/mol. The van der Waals surface area contributed by atoms with Gasteiger partial charge in [0.1, 0.15) is 26.3 Å². The van der Waals surface area contributed by atoms with Crippen LogP contribution in [0.4, 0.5) is 0 Å². The Labute approximate surface area is 361 Å². The Balaban J connectivity index is 1.25. The molecule has 0 spiro atoms. The van der Waals surface area contributed by atoms with E-state index in [0.717, 1.165) is 67.2 Å². The van der Waals surface area contributed by atoms with Crippen molar-refractivity contribution >= 4 is 11.9 Å². The molecular weight excluding hydrogens is 717 g/mol. The summed E-state index contributed by atoms with van der Waals surface area (Å²) in [6.07, 6.45) is 44.2. The summed E-state index contributed by atoms with van der Waals surface area (Å²) in [4.78, 5) is 27.8. The summed E-state index contributed by atoms with van der Waals surface area (Å²) in [5.74, 6) is 0.838. The number of hydrogen-bond donors (Lipinski definition) is 0. The van der Waals surface area contributed by atoms with Crippen LogP contribution in [0, 0.1) is 22.7 Å². The van der Waals surface area contributed by atoms with Crippen LogP contribution in [-0.2, 0) is 19.1 Å². The maximum absolute atomic E-state index is 13.9. The first kappa shape index (κ1) is 51.2. The lowest BCUT2D eigenvalue weighted by Crippen LogP contribution is -2.58. The second-order valence-corrected chi connectivity index (χ2v) is 21.8. The lowest BCUT2D eigenvalue weighted by molar-refractivity contribution is -0.890. The molecule has 6 nitrogen and oxygen atoms in total. The molecule has 0 amide bonds. The van der Waals surface area contributed by atoms with Gasteiger partial charge in [-0.2, -0.15) is 0 Å². The lowest BCUT2D eigenvalue weighted by atomic mass is 9.44. The number of likely N-dealkylation sites (N-methyl/N-ethyl adjacent to an activating group) is 2. The highest BCUT2D eigenvalue weighted by Gasteiger charge is 2.64. The lowest BCUT2D eigenvalue weighted by Gasteiger charge is -2.59. The molecule has 4 aliphatic rings. The highest BCUT2D eigenvalue weighted by Crippen LogP contribution is 2.66. The van der Waals surface area contributed by atoms with Crippen molar-refractivity contribution in [2.75, 3.05) is 67.6 Å². The van der Waals surface area contributed by atoms with Crippen LogP contribution >= 0.6 is 0 Å². The van der Waals surface area contributed by atoms with E-state index in [-0.39, 0.29) is 11.9 Å². The third-order valence-electron chi connectivity index (χ3n) is 15.0. The number of carbonyl (C=O) groups is 2. The molecule has 4 aliphatic carbocycles. The molecule has 0 N–H and O–H groups in total. The molecule has 0 radical (unpaired) electrons. The van der Waals surface area contributed by atoms with E-state index >= 15 is 0 Å². The van der Waals surface area contributed by atoms with Gasteiger partial charge in [0.25, 0.3) is 0 Å². The van der Waals surface area contributed by atoms with Crippen LogP contribution in [0.25, 0.3) is 0 Å². The fraction of sp³-hybridized carbons (Fsp3) is 0.962. The summed E-state index contributed by atoms with van der Waals surface area (Å²) in [6.45, 7) is 9.52. The van der Waals surface area contributed by atoms with E-state index in [9.17, 15) is 9.59 Å². The zero-order chi connectivity index (χ0) is 42.0. The average Bonchev–Trinajstić information content (AvgIpc) is 3.17. The Hall–Kier alpha value is -1.14. The number of ether oxygens (including phenoxy) is 2.